The molecule has 0 fully saturated rings. The largest absolute Gasteiger partial charge is 0.382 e. The average molecular weight is 201 g/mol. The lowest BCUT2D eigenvalue weighted by molar-refractivity contribution is 0.0688. The van der Waals surface area contributed by atoms with Gasteiger partial charge in [0, 0.05) is 19.8 Å². The SMILES string of the molecule is C=CC(C)NCCCCOCCOC. The molecule has 0 saturated carbocycles. The van der Waals surface area contributed by atoms with Crippen LogP contribution in [-0.4, -0.2) is 39.5 Å². The monoisotopic (exact) mass is 201 g/mol. The van der Waals surface area contributed by atoms with Crippen LogP contribution >= 0.6 is 0 Å². The Hall–Kier alpha value is -0.380. The van der Waals surface area contributed by atoms with E-state index in [0.29, 0.717) is 19.3 Å². The fraction of sp³-hybridized carbons (Fsp3) is 0.818. The van der Waals surface area contributed by atoms with Gasteiger partial charge in [0.1, 0.15) is 0 Å². The topological polar surface area (TPSA) is 30.5 Å². The van der Waals surface area contributed by atoms with Gasteiger partial charge in [0.2, 0.25) is 0 Å². The number of rotatable bonds is 10. The van der Waals surface area contributed by atoms with Crippen LogP contribution in [-0.2, 0) is 9.47 Å². The molecule has 0 saturated heterocycles. The lowest BCUT2D eigenvalue weighted by atomic mass is 10.3. The summed E-state index contributed by atoms with van der Waals surface area (Å²) in [6, 6.07) is 0.407. The van der Waals surface area contributed by atoms with E-state index in [9.17, 15) is 0 Å². The Bertz CT molecular complexity index is 128. The first-order valence-corrected chi connectivity index (χ1v) is 5.24. The molecule has 0 aliphatic rings. The van der Waals surface area contributed by atoms with Gasteiger partial charge < -0.3 is 14.8 Å². The molecule has 14 heavy (non-hydrogen) atoms. The fourth-order valence-corrected chi connectivity index (χ4v) is 0.987. The van der Waals surface area contributed by atoms with E-state index in [0.717, 1.165) is 26.0 Å². The van der Waals surface area contributed by atoms with E-state index >= 15 is 0 Å². The summed E-state index contributed by atoms with van der Waals surface area (Å²) in [5, 5.41) is 3.34. The van der Waals surface area contributed by atoms with E-state index in [1.54, 1.807) is 7.11 Å². The Morgan fingerprint density at radius 2 is 2.07 bits per heavy atom. The molecule has 3 nitrogen and oxygen atoms in total. The van der Waals surface area contributed by atoms with Crippen molar-refractivity contribution < 1.29 is 9.47 Å². The predicted molar refractivity (Wildman–Crippen MR) is 59.6 cm³/mol. The predicted octanol–water partition coefficient (Wildman–Crippen LogP) is 1.59. The van der Waals surface area contributed by atoms with E-state index in [2.05, 4.69) is 18.8 Å². The maximum Gasteiger partial charge on any atom is 0.0700 e. The van der Waals surface area contributed by atoms with Crippen molar-refractivity contribution >= 4 is 0 Å². The first-order valence-electron chi connectivity index (χ1n) is 5.24. The minimum atomic E-state index is 0.407. The highest BCUT2D eigenvalue weighted by atomic mass is 16.5. The van der Waals surface area contributed by atoms with Gasteiger partial charge in [-0.1, -0.05) is 6.08 Å². The fourth-order valence-electron chi connectivity index (χ4n) is 0.987. The highest BCUT2D eigenvalue weighted by Gasteiger charge is 1.93. The first kappa shape index (κ1) is 13.6. The van der Waals surface area contributed by atoms with Crippen molar-refractivity contribution in [2.24, 2.45) is 0 Å². The van der Waals surface area contributed by atoms with Gasteiger partial charge in [-0.2, -0.15) is 0 Å². The molecule has 1 N–H and O–H groups in total. The molecule has 0 heterocycles. The third-order valence-electron chi connectivity index (χ3n) is 1.97. The van der Waals surface area contributed by atoms with Crippen LogP contribution in [0.3, 0.4) is 0 Å². The third-order valence-corrected chi connectivity index (χ3v) is 1.97. The number of unbranched alkanes of at least 4 members (excludes halogenated alkanes) is 1. The Morgan fingerprint density at radius 3 is 2.71 bits per heavy atom. The second-order valence-corrected chi connectivity index (χ2v) is 3.29. The zero-order valence-corrected chi connectivity index (χ0v) is 9.42. The molecule has 0 spiro atoms. The van der Waals surface area contributed by atoms with Gasteiger partial charge in [0.25, 0.3) is 0 Å². The minimum absolute atomic E-state index is 0.407. The Labute approximate surface area is 87.5 Å². The number of hydrogen-bond donors (Lipinski definition) is 1. The van der Waals surface area contributed by atoms with Crippen LogP contribution in [0.2, 0.25) is 0 Å². The highest BCUT2D eigenvalue weighted by Crippen LogP contribution is 1.90. The zero-order chi connectivity index (χ0) is 10.6. The maximum absolute atomic E-state index is 5.33. The van der Waals surface area contributed by atoms with Gasteiger partial charge in [-0.3, -0.25) is 0 Å². The molecule has 0 aromatic heterocycles. The molecular weight excluding hydrogens is 178 g/mol. The number of methoxy groups -OCH3 is 1. The van der Waals surface area contributed by atoms with Crippen molar-refractivity contribution in [2.45, 2.75) is 25.8 Å². The molecule has 0 aromatic rings. The molecule has 3 heteroatoms. The van der Waals surface area contributed by atoms with Crippen molar-refractivity contribution in [2.75, 3.05) is 33.5 Å². The van der Waals surface area contributed by atoms with Gasteiger partial charge in [-0.05, 0) is 26.3 Å². The zero-order valence-electron chi connectivity index (χ0n) is 9.42. The van der Waals surface area contributed by atoms with Crippen molar-refractivity contribution in [1.82, 2.24) is 5.32 Å². The standard InChI is InChI=1S/C11H23NO2/c1-4-11(2)12-7-5-6-8-14-10-9-13-3/h4,11-12H,1,5-10H2,2-3H3. The molecule has 1 atom stereocenters. The van der Waals surface area contributed by atoms with Gasteiger partial charge in [0.05, 0.1) is 13.2 Å². The number of hydrogen-bond acceptors (Lipinski definition) is 3. The van der Waals surface area contributed by atoms with Crippen LogP contribution in [0.15, 0.2) is 12.7 Å². The van der Waals surface area contributed by atoms with E-state index in [1.807, 2.05) is 6.08 Å². The van der Waals surface area contributed by atoms with Crippen molar-refractivity contribution in [1.29, 1.82) is 0 Å². The lowest BCUT2D eigenvalue weighted by Crippen LogP contribution is -2.24. The molecule has 0 bridgehead atoms. The summed E-state index contributed by atoms with van der Waals surface area (Å²) in [4.78, 5) is 0. The van der Waals surface area contributed by atoms with Crippen molar-refractivity contribution in [3.05, 3.63) is 12.7 Å². The van der Waals surface area contributed by atoms with Gasteiger partial charge in [-0.25, -0.2) is 0 Å². The van der Waals surface area contributed by atoms with Crippen LogP contribution in [0.4, 0.5) is 0 Å². The molecule has 0 aliphatic carbocycles. The first-order chi connectivity index (χ1) is 6.81. The summed E-state index contributed by atoms with van der Waals surface area (Å²) in [5.41, 5.74) is 0. The number of ether oxygens (including phenoxy) is 2. The number of nitrogens with one attached hydrogen (secondary N) is 1. The molecule has 0 rings (SSSR count). The summed E-state index contributed by atoms with van der Waals surface area (Å²) in [7, 11) is 1.68. The smallest absolute Gasteiger partial charge is 0.0700 e. The Morgan fingerprint density at radius 1 is 1.29 bits per heavy atom. The van der Waals surface area contributed by atoms with E-state index in [-0.39, 0.29) is 0 Å². The van der Waals surface area contributed by atoms with Crippen molar-refractivity contribution in [3.63, 3.8) is 0 Å². The average Bonchev–Trinajstić information content (AvgIpc) is 2.21. The highest BCUT2D eigenvalue weighted by molar-refractivity contribution is 4.80. The second-order valence-electron chi connectivity index (χ2n) is 3.29. The van der Waals surface area contributed by atoms with Crippen molar-refractivity contribution in [3.8, 4) is 0 Å². The van der Waals surface area contributed by atoms with Crippen LogP contribution in [0.25, 0.3) is 0 Å². The second kappa shape index (κ2) is 10.7. The van der Waals surface area contributed by atoms with E-state index in [4.69, 9.17) is 9.47 Å². The maximum atomic E-state index is 5.33. The minimum Gasteiger partial charge on any atom is -0.382 e. The Kier molecular flexibility index (Phi) is 10.4. The van der Waals surface area contributed by atoms with E-state index < -0.39 is 0 Å². The van der Waals surface area contributed by atoms with Gasteiger partial charge >= 0.3 is 0 Å². The molecule has 84 valence electrons. The molecule has 0 aromatic carbocycles. The molecule has 0 aliphatic heterocycles. The van der Waals surface area contributed by atoms with Crippen LogP contribution in [0, 0.1) is 0 Å². The lowest BCUT2D eigenvalue weighted by Gasteiger charge is -2.08. The quantitative estimate of drug-likeness (QED) is 0.430. The Balaban J connectivity index is 2.95. The van der Waals surface area contributed by atoms with Crippen LogP contribution in [0.5, 0.6) is 0 Å². The summed E-state index contributed by atoms with van der Waals surface area (Å²) in [6.45, 7) is 9.05. The van der Waals surface area contributed by atoms with Crippen LogP contribution < -0.4 is 5.32 Å². The normalized spacial score (nSPS) is 12.7. The summed E-state index contributed by atoms with van der Waals surface area (Å²) < 4.78 is 10.2. The van der Waals surface area contributed by atoms with E-state index in [1.165, 1.54) is 0 Å². The van der Waals surface area contributed by atoms with Gasteiger partial charge in [0.15, 0.2) is 0 Å². The summed E-state index contributed by atoms with van der Waals surface area (Å²) >= 11 is 0. The summed E-state index contributed by atoms with van der Waals surface area (Å²) in [5.74, 6) is 0. The van der Waals surface area contributed by atoms with Gasteiger partial charge in [-0.15, -0.1) is 6.58 Å². The molecular formula is C11H23NO2. The third kappa shape index (κ3) is 9.71. The summed E-state index contributed by atoms with van der Waals surface area (Å²) in [6.07, 6.45) is 4.15. The molecule has 0 amide bonds. The molecule has 1 unspecified atom stereocenters. The van der Waals surface area contributed by atoms with Crippen LogP contribution in [0.1, 0.15) is 19.8 Å². The molecule has 0 radical (unpaired) electrons.